The lowest BCUT2D eigenvalue weighted by Gasteiger charge is -2.42. The molecular weight excluding hydrogens is 350 g/mol. The van der Waals surface area contributed by atoms with Crippen molar-refractivity contribution in [2.45, 2.75) is 38.4 Å². The molecule has 0 heterocycles. The maximum atomic E-state index is 12.6. The molecule has 0 bridgehead atoms. The first-order valence-corrected chi connectivity index (χ1v) is 9.22. The first kappa shape index (κ1) is 21.0. The third-order valence-corrected chi connectivity index (χ3v) is 4.91. The van der Waals surface area contributed by atoms with Gasteiger partial charge in [0.2, 0.25) is 0 Å². The van der Waals surface area contributed by atoms with Crippen LogP contribution in [-0.2, 0) is 11.3 Å². The summed E-state index contributed by atoms with van der Waals surface area (Å²) in [4.78, 5) is 27.0. The number of likely N-dealkylation sites (N-methyl/N-ethyl adjacent to an activating group) is 1. The Hall–Kier alpha value is -2.32. The number of ether oxygens (including phenoxy) is 1. The number of carbonyl (C=O) groups excluding carboxylic acids is 1. The molecule has 8 nitrogen and oxygen atoms in total. The van der Waals surface area contributed by atoms with Gasteiger partial charge in [0.15, 0.2) is 0 Å². The summed E-state index contributed by atoms with van der Waals surface area (Å²) in [5, 5.41) is 21.3. The van der Waals surface area contributed by atoms with Gasteiger partial charge >= 0.3 is 12.0 Å². The number of urea groups is 1. The minimum Gasteiger partial charge on any atom is -0.496 e. The van der Waals surface area contributed by atoms with Crippen LogP contribution in [0, 0.1) is 0 Å². The first-order valence-electron chi connectivity index (χ1n) is 9.22. The van der Waals surface area contributed by atoms with Crippen molar-refractivity contribution < 1.29 is 24.5 Å². The van der Waals surface area contributed by atoms with E-state index in [4.69, 9.17) is 9.84 Å². The second-order valence-corrected chi connectivity index (χ2v) is 6.69. The molecule has 1 aromatic rings. The van der Waals surface area contributed by atoms with Gasteiger partial charge in [-0.15, -0.1) is 0 Å². The maximum Gasteiger partial charge on any atom is 0.317 e. The van der Waals surface area contributed by atoms with Crippen LogP contribution < -0.4 is 10.1 Å². The number of amides is 2. The Morgan fingerprint density at radius 3 is 2.59 bits per heavy atom. The molecule has 2 amide bonds. The van der Waals surface area contributed by atoms with E-state index in [9.17, 15) is 14.7 Å². The molecule has 0 saturated heterocycles. The van der Waals surface area contributed by atoms with Crippen LogP contribution >= 0.6 is 0 Å². The van der Waals surface area contributed by atoms with E-state index in [0.717, 1.165) is 18.4 Å². The fraction of sp³-hybridized carbons (Fsp3) is 0.579. The number of aliphatic hydroxyl groups is 1. The highest BCUT2D eigenvalue weighted by Gasteiger charge is 2.35. The number of rotatable bonds is 10. The molecule has 1 fully saturated rings. The average Bonchev–Trinajstić information content (AvgIpc) is 2.62. The Bertz CT molecular complexity index is 634. The van der Waals surface area contributed by atoms with Gasteiger partial charge in [0.25, 0.3) is 0 Å². The smallest absolute Gasteiger partial charge is 0.317 e. The lowest BCUT2D eigenvalue weighted by atomic mass is 9.85. The Balaban J connectivity index is 1.90. The van der Waals surface area contributed by atoms with Crippen LogP contribution in [0.1, 0.15) is 25.3 Å². The van der Waals surface area contributed by atoms with Crippen molar-refractivity contribution in [3.05, 3.63) is 29.8 Å². The van der Waals surface area contributed by atoms with Crippen molar-refractivity contribution in [3.63, 3.8) is 0 Å². The van der Waals surface area contributed by atoms with Crippen LogP contribution in [0.5, 0.6) is 5.75 Å². The van der Waals surface area contributed by atoms with Gasteiger partial charge in [0, 0.05) is 24.2 Å². The minimum atomic E-state index is -0.838. The van der Waals surface area contributed by atoms with E-state index in [1.165, 1.54) is 0 Å². The summed E-state index contributed by atoms with van der Waals surface area (Å²) in [7, 11) is 1.58. The van der Waals surface area contributed by atoms with Gasteiger partial charge < -0.3 is 25.2 Å². The molecule has 1 aliphatic carbocycles. The number of para-hydroxylation sites is 1. The third-order valence-electron chi connectivity index (χ3n) is 4.91. The number of aliphatic hydroxyl groups excluding tert-OH is 1. The lowest BCUT2D eigenvalue weighted by molar-refractivity contribution is -0.139. The van der Waals surface area contributed by atoms with E-state index in [1.807, 2.05) is 36.1 Å². The zero-order chi connectivity index (χ0) is 19.8. The number of carboxylic acid groups (broad SMARTS) is 1. The van der Waals surface area contributed by atoms with Crippen molar-refractivity contribution in [1.29, 1.82) is 0 Å². The van der Waals surface area contributed by atoms with Crippen LogP contribution in [0.3, 0.4) is 0 Å². The predicted molar refractivity (Wildman–Crippen MR) is 101 cm³/mol. The average molecular weight is 379 g/mol. The molecule has 0 spiro atoms. The molecule has 0 radical (unpaired) electrons. The fourth-order valence-corrected chi connectivity index (χ4v) is 3.35. The molecular formula is C19H29N3O5. The molecule has 3 N–H and O–H groups in total. The van der Waals surface area contributed by atoms with Gasteiger partial charge in [-0.2, -0.15) is 0 Å². The van der Waals surface area contributed by atoms with Gasteiger partial charge in [-0.25, -0.2) is 4.79 Å². The summed E-state index contributed by atoms with van der Waals surface area (Å²) >= 11 is 0. The summed E-state index contributed by atoms with van der Waals surface area (Å²) < 4.78 is 5.33. The Morgan fingerprint density at radius 1 is 1.30 bits per heavy atom. The lowest BCUT2D eigenvalue weighted by Crippen LogP contribution is -2.56. The molecule has 27 heavy (non-hydrogen) atoms. The minimum absolute atomic E-state index is 0.0178. The largest absolute Gasteiger partial charge is 0.496 e. The Morgan fingerprint density at radius 2 is 2.00 bits per heavy atom. The zero-order valence-electron chi connectivity index (χ0n) is 15.9. The molecule has 1 aliphatic rings. The highest BCUT2D eigenvalue weighted by molar-refractivity contribution is 5.75. The zero-order valence-corrected chi connectivity index (χ0v) is 15.9. The van der Waals surface area contributed by atoms with Gasteiger partial charge in [0.1, 0.15) is 5.75 Å². The van der Waals surface area contributed by atoms with Crippen molar-refractivity contribution in [3.8, 4) is 5.75 Å². The van der Waals surface area contributed by atoms with Gasteiger partial charge in [-0.05, 0) is 25.5 Å². The monoisotopic (exact) mass is 379 g/mol. The Kier molecular flexibility index (Phi) is 7.87. The molecule has 0 unspecified atom stereocenters. The summed E-state index contributed by atoms with van der Waals surface area (Å²) in [6.07, 6.45) is 1.46. The van der Waals surface area contributed by atoms with Crippen LogP contribution in [0.4, 0.5) is 4.79 Å². The molecule has 0 atom stereocenters. The quantitative estimate of drug-likeness (QED) is 0.563. The van der Waals surface area contributed by atoms with Crippen LogP contribution in [0.15, 0.2) is 24.3 Å². The fourth-order valence-electron chi connectivity index (χ4n) is 3.35. The van der Waals surface area contributed by atoms with Crippen LogP contribution in [0.25, 0.3) is 0 Å². The summed E-state index contributed by atoms with van der Waals surface area (Å²) in [5.74, 6) is -0.139. The van der Waals surface area contributed by atoms with E-state index in [2.05, 4.69) is 5.32 Å². The molecule has 1 saturated carbocycles. The molecule has 0 aliphatic heterocycles. The third kappa shape index (κ3) is 5.83. The van der Waals surface area contributed by atoms with Crippen molar-refractivity contribution in [2.24, 2.45) is 0 Å². The van der Waals surface area contributed by atoms with Crippen LogP contribution in [-0.4, -0.2) is 77.4 Å². The van der Waals surface area contributed by atoms with E-state index >= 15 is 0 Å². The first-order chi connectivity index (χ1) is 13.0. The number of nitrogens with one attached hydrogen (secondary N) is 1. The maximum absolute atomic E-state index is 12.6. The van der Waals surface area contributed by atoms with Crippen molar-refractivity contribution in [2.75, 3.05) is 33.4 Å². The highest BCUT2D eigenvalue weighted by atomic mass is 16.5. The van der Waals surface area contributed by atoms with E-state index in [-0.39, 0.29) is 37.8 Å². The summed E-state index contributed by atoms with van der Waals surface area (Å²) in [5.41, 5.74) is 0.869. The molecule has 1 aromatic carbocycles. The number of hydrogen-bond acceptors (Lipinski definition) is 5. The van der Waals surface area contributed by atoms with Crippen LogP contribution in [0.2, 0.25) is 0 Å². The number of carbonyl (C=O) groups is 2. The molecule has 2 rings (SSSR count). The molecule has 8 heteroatoms. The predicted octanol–water partition coefficient (Wildman–Crippen LogP) is 1.14. The number of aliphatic carboxylic acids is 1. The number of benzene rings is 1. The topological polar surface area (TPSA) is 102 Å². The highest BCUT2D eigenvalue weighted by Crippen LogP contribution is 2.26. The van der Waals surface area contributed by atoms with Crippen molar-refractivity contribution in [1.82, 2.24) is 15.1 Å². The van der Waals surface area contributed by atoms with Crippen molar-refractivity contribution >= 4 is 12.0 Å². The van der Waals surface area contributed by atoms with E-state index < -0.39 is 5.97 Å². The second-order valence-electron chi connectivity index (χ2n) is 6.69. The van der Waals surface area contributed by atoms with Gasteiger partial charge in [0.05, 0.1) is 26.8 Å². The number of methoxy groups -OCH3 is 1. The number of nitrogens with zero attached hydrogens (tertiary/aromatic N) is 2. The number of carboxylic acids is 1. The standard InChI is InChI=1S/C19H29N3O5/c1-3-21(13-18(24)25)16-10-15(11-16)20-19(26)22(8-9-23)12-14-6-4-5-7-17(14)27-2/h4-7,15-16,23H,3,8-13H2,1-2H3,(H,20,26)(H,24,25). The van der Waals surface area contributed by atoms with E-state index in [0.29, 0.717) is 18.8 Å². The normalized spacial score (nSPS) is 18.7. The summed E-state index contributed by atoms with van der Waals surface area (Å²) in [6, 6.07) is 7.43. The van der Waals surface area contributed by atoms with Gasteiger partial charge in [-0.3, -0.25) is 9.69 Å². The van der Waals surface area contributed by atoms with E-state index in [1.54, 1.807) is 12.0 Å². The number of hydrogen-bond donors (Lipinski definition) is 3. The molecule has 0 aromatic heterocycles. The SMILES string of the molecule is CCN(CC(=O)O)C1CC(NC(=O)N(CCO)Cc2ccccc2OC)C1. The molecule has 150 valence electrons. The second kappa shape index (κ2) is 10.1. The Labute approximate surface area is 159 Å². The summed E-state index contributed by atoms with van der Waals surface area (Å²) in [6.45, 7) is 3.06. The van der Waals surface area contributed by atoms with Gasteiger partial charge in [-0.1, -0.05) is 25.1 Å².